The van der Waals surface area contributed by atoms with Gasteiger partial charge in [0.25, 0.3) is 19.1 Å². The molecule has 131 heavy (non-hydrogen) atoms. The Balaban J connectivity index is -0.000000993. The number of sulfonamides is 2. The molecule has 12 rings (SSSR count). The van der Waals surface area contributed by atoms with Crippen LogP contribution in [0.4, 0.5) is 5.82 Å². The van der Waals surface area contributed by atoms with Crippen LogP contribution in [0, 0.1) is 0 Å². The zero-order valence-corrected chi connectivity index (χ0v) is 78.2. The van der Waals surface area contributed by atoms with Crippen molar-refractivity contribution in [3.05, 3.63) is 263 Å². The summed E-state index contributed by atoms with van der Waals surface area (Å²) in [6, 6.07) is 45.9. The second kappa shape index (κ2) is 62.7. The minimum absolute atomic E-state index is 0. The molecule has 4 aromatic heterocycles. The average molecular weight is 2210 g/mol. The van der Waals surface area contributed by atoms with Crippen LogP contribution in [0.25, 0.3) is 23.3 Å². The molecule has 0 radical (unpaired) electrons. The second-order valence-electron chi connectivity index (χ2n) is 23.1. The Hall–Kier alpha value is -6.87. The number of ether oxygens (including phenoxy) is 5. The van der Waals surface area contributed by atoms with Crippen LogP contribution in [-0.4, -0.2) is 126 Å². The van der Waals surface area contributed by atoms with Gasteiger partial charge in [0.05, 0.1) is 34.5 Å². The number of benzene rings is 7. The number of nitrogens with zero attached hydrogens (tertiary/aromatic N) is 8. The fraction of sp³-hybridized carbons (Fsp3) is 0.341. The van der Waals surface area contributed by atoms with Crippen molar-refractivity contribution in [3.8, 4) is 57.8 Å². The number of halogens is 11. The Bertz CT molecular complexity index is 6990. The zero-order valence-electron chi connectivity index (χ0n) is 110. The molecule has 0 amide bonds. The standard InChI is InChI=1S/C25H24ClN5O4S.C15H10Cl2N4O2.C10H13ClO2S.C10H15NO2S.C10H14.C6H6.C4H8O.C4H10O.CHCl3.3CH4.ClHO3S.3ClH.Fe.H3N.H2O/c1-25(2,3)16-10-12-17(13-11-16)36(32,33)31-22-20(35-19-9-6-5-8-18(19)34-4)21(26)29-24(30-22)23-27-14-7-15-28-23;1-22-9-5-2-3-6-10(9)23-11-12(16)20-15(21-13(11)17)14-18-7-4-8-19-14;2*1-10(2,3)8-4-6-9(7-5-8)14(11,12)13;1-10(2,3)9-7-5-4-6-8-9;1-2-4-6-5-3-1;1-2-4-5-3-1;1-4(2,3)5;2-1(3)4;;;;1-5(2,3)4;;;;;;/h5-15H,1-4H3,(H,29,30,31);2-8H,1H3;4-7H,1-3H3;4-7H,1-3H3,(H2,11,12,13);4-8H,1-3H3;1-6H;1-4H2;5H,1-3H3;1H;3*1H4;(H,2,3,4);3*1H;;1H3;1H2/q;;;;;;;;;;;;;;;;+3;;/p-3/i1D3,2D3,3D3;;3*1D3,2D3,3D3;;;1D3,2D3,3D3;;;;;;;;;;;. The second-order valence-corrected chi connectivity index (χ2v) is 39.5. The number of aromatic nitrogens is 8. The van der Waals surface area contributed by atoms with Crippen LogP contribution in [0.2, 0.25) is 15.5 Å². The van der Waals surface area contributed by atoms with E-state index in [9.17, 15) is 30.4 Å². The molecule has 731 valence electrons. The van der Waals surface area contributed by atoms with Gasteiger partial charge >= 0.3 is 50.8 Å². The maximum Gasteiger partial charge on any atom is -0.0623 e. The predicted molar refractivity (Wildman–Crippen MR) is 537 cm³/mol. The van der Waals surface area contributed by atoms with E-state index < -0.39 is 221 Å². The van der Waals surface area contributed by atoms with Crippen LogP contribution in [0.1, 0.15) is 222 Å². The third-order valence-electron chi connectivity index (χ3n) is 13.4. The molecule has 1 aliphatic heterocycles. The summed E-state index contributed by atoms with van der Waals surface area (Å²) in [6.07, 6.45) is 8.52. The van der Waals surface area contributed by atoms with E-state index >= 15 is 0 Å². The van der Waals surface area contributed by atoms with E-state index in [1.807, 2.05) is 42.5 Å². The number of hydrogen-bond acceptors (Lipinski definition) is 23. The minimum atomic E-state index is -4.60. The number of primary sulfonamides is 1. The van der Waals surface area contributed by atoms with Crippen molar-refractivity contribution in [2.24, 2.45) is 5.14 Å². The van der Waals surface area contributed by atoms with Gasteiger partial charge in [0, 0.05) is 121 Å². The van der Waals surface area contributed by atoms with E-state index in [1.54, 1.807) is 60.9 Å². The normalized spacial score (nSPS) is 18.0. The van der Waals surface area contributed by atoms with Crippen molar-refractivity contribution in [2.45, 2.75) is 184 Å². The van der Waals surface area contributed by atoms with Crippen molar-refractivity contribution in [2.75, 3.05) is 32.2 Å². The number of aliphatic hydroxyl groups is 1. The molecular formula is C88H119Cl11FeN11O16S4. The summed E-state index contributed by atoms with van der Waals surface area (Å²) in [5.41, 5.74) is -18.2. The third-order valence-corrected chi connectivity index (χ3v) is 17.8. The Labute approximate surface area is 893 Å². The van der Waals surface area contributed by atoms with Crippen molar-refractivity contribution in [1.82, 2.24) is 46.0 Å². The number of methoxy groups -OCH3 is 2. The molecule has 7 aromatic carbocycles. The van der Waals surface area contributed by atoms with Crippen molar-refractivity contribution in [3.63, 3.8) is 0 Å². The van der Waals surface area contributed by atoms with Crippen molar-refractivity contribution >= 4 is 166 Å². The molecule has 10 N–H and O–H groups in total. The summed E-state index contributed by atoms with van der Waals surface area (Å²) in [5, 5.41) is 14.0. The first kappa shape index (κ1) is 69.0. The SMILES string of the molecule is C.C.C.C1CCOC1.COc1ccccc1Oc1c(Cl)nc(-c2ncccn2)nc1Cl.ClC(Cl)Cl.N.O.O=S(=O)(O)Cl.[2H]C([2H])([2H])C(O)(C([2H])([2H])[2H])C([2H])([2H])[2H].[2H]C([2H])([2H])C(c1ccc(S(=O)(=O)Cl)cc1)(C([2H])([2H])[2H])C([2H])([2H])[2H].[2H]C([2H])([2H])C(c1ccc(S(=O)(=O)Nc2nc(-c3ncccn3)nc(Cl)c2Oc2ccccc2OC)cc1)(C([2H])([2H])[2H])C([2H])([2H])[2H].[2H]C([2H])([2H])C(c1ccc(S(N)(=O)=O)cc1)(C([2H])([2H])[2H])C([2H])([2H])[2H].[2H]C([2H])([2H])C(c1ccccc1)(C([2H])([2H])[2H])C([2H])([2H])[2H].[Cl][Fe]([Cl])[Cl].c1ccccc1. The topological polar surface area (TPSA) is 431 Å². The van der Waals surface area contributed by atoms with E-state index in [-0.39, 0.29) is 95.4 Å². The van der Waals surface area contributed by atoms with Crippen LogP contribution in [-0.2, 0) is 76.0 Å². The molecule has 27 nitrogen and oxygen atoms in total. The molecule has 1 aliphatic rings. The molecule has 1 saturated heterocycles. The van der Waals surface area contributed by atoms with Crippen LogP contribution >= 0.6 is 121 Å². The molecule has 0 aliphatic carbocycles. The number of rotatable bonds is 13. The monoisotopic (exact) mass is 2200 g/mol. The number of anilines is 1. The van der Waals surface area contributed by atoms with Crippen LogP contribution < -0.4 is 35.0 Å². The van der Waals surface area contributed by atoms with E-state index in [4.69, 9.17) is 214 Å². The summed E-state index contributed by atoms with van der Waals surface area (Å²) in [4.78, 5) is 31.5. The minimum Gasteiger partial charge on any atom is -0.0623 e. The Morgan fingerprint density at radius 2 is 0.710 bits per heavy atom. The summed E-state index contributed by atoms with van der Waals surface area (Å²) in [7, 11) is 9.78. The van der Waals surface area contributed by atoms with E-state index in [0.29, 0.717) is 17.3 Å². The fourth-order valence-corrected chi connectivity index (χ4v) is 11.1. The van der Waals surface area contributed by atoms with Gasteiger partial charge in [-0.2, -0.15) is 8.42 Å². The maximum absolute atomic E-state index is 13.6. The Morgan fingerprint density at radius 1 is 0.435 bits per heavy atom. The zero-order chi connectivity index (χ0) is 133. The molecule has 5 heterocycles. The number of hydrogen-bond donors (Lipinski definition) is 5. The number of nitrogens with two attached hydrogens (primary N) is 1. The summed E-state index contributed by atoms with van der Waals surface area (Å²) in [5.74, 6) is 1.12. The molecule has 0 bridgehead atoms. The third kappa shape index (κ3) is 56.3. The molecule has 0 saturated carbocycles. The number of para-hydroxylation sites is 4. The largest absolute Gasteiger partial charge is 0.0623 e. The van der Waals surface area contributed by atoms with E-state index in [1.165, 1.54) is 75.9 Å². The molecule has 0 spiro atoms. The molecular weight excluding hydrogens is 2040 g/mol. The fourth-order valence-electron chi connectivity index (χ4n) is 8.14. The van der Waals surface area contributed by atoms with Crippen LogP contribution in [0.3, 0.4) is 0 Å². The molecule has 0 atom stereocenters. The molecule has 11 aromatic rings. The van der Waals surface area contributed by atoms with Gasteiger partial charge < -0.3 is 40.4 Å². The van der Waals surface area contributed by atoms with E-state index in [2.05, 4.69) is 55.3 Å². The first-order chi connectivity index (χ1) is 77.0. The van der Waals surface area contributed by atoms with Gasteiger partial charge in [0.15, 0.2) is 60.2 Å². The van der Waals surface area contributed by atoms with Gasteiger partial charge in [-0.15, -0.1) is 0 Å². The van der Waals surface area contributed by atoms with Gasteiger partial charge in [-0.1, -0.05) is 302 Å². The van der Waals surface area contributed by atoms with Crippen LogP contribution in [0.15, 0.2) is 240 Å². The Morgan fingerprint density at radius 3 is 0.992 bits per heavy atom. The summed E-state index contributed by atoms with van der Waals surface area (Å²) < 4.78 is 461. The smallest absolute Gasteiger partial charge is 0.0623 e. The van der Waals surface area contributed by atoms with Gasteiger partial charge in [-0.3, -0.25) is 9.27 Å². The molecule has 43 heteroatoms. The van der Waals surface area contributed by atoms with E-state index in [0.717, 1.165) is 86.0 Å². The average Bonchev–Trinajstić information content (AvgIpc) is 0.728. The summed E-state index contributed by atoms with van der Waals surface area (Å²) in [6.45, 7) is -49.0. The predicted octanol–water partition coefficient (Wildman–Crippen LogP) is 25.6. The number of alkyl halides is 3. The summed E-state index contributed by atoms with van der Waals surface area (Å²) >= 11 is 31.9. The molecule has 0 unspecified atom stereocenters. The van der Waals surface area contributed by atoms with Gasteiger partial charge in [-0.05, 0) is 150 Å². The van der Waals surface area contributed by atoms with Crippen molar-refractivity contribution in [1.29, 1.82) is 0 Å². The van der Waals surface area contributed by atoms with Crippen molar-refractivity contribution < 1.29 is 145 Å². The quantitative estimate of drug-likeness (QED) is 0.0235. The first-order valence-electron chi connectivity index (χ1n) is 55.9. The maximum atomic E-state index is 13.6. The van der Waals surface area contributed by atoms with Gasteiger partial charge in [0.2, 0.25) is 33.2 Å². The van der Waals surface area contributed by atoms with Gasteiger partial charge in [0.1, 0.15) is 0 Å². The Kier molecular flexibility index (Phi) is 33.0. The first-order valence-corrected chi connectivity index (χ1v) is 48.0. The number of nitrogens with one attached hydrogen (secondary N) is 1. The molecule has 1 fully saturated rings. The van der Waals surface area contributed by atoms with Crippen LogP contribution in [0.5, 0.6) is 34.5 Å². The van der Waals surface area contributed by atoms with Gasteiger partial charge in [-0.25, -0.2) is 70.3 Å².